The van der Waals surface area contributed by atoms with Crippen molar-refractivity contribution in [2.45, 2.75) is 38.8 Å². The maximum absolute atomic E-state index is 5.91. The van der Waals surface area contributed by atoms with Crippen molar-refractivity contribution in [2.24, 2.45) is 5.73 Å². The molecule has 4 nitrogen and oxygen atoms in total. The molecule has 1 fully saturated rings. The van der Waals surface area contributed by atoms with Crippen molar-refractivity contribution in [3.8, 4) is 0 Å². The summed E-state index contributed by atoms with van der Waals surface area (Å²) in [4.78, 5) is 5.02. The van der Waals surface area contributed by atoms with Gasteiger partial charge in [-0.1, -0.05) is 0 Å². The molecule has 1 aliphatic rings. The van der Waals surface area contributed by atoms with Gasteiger partial charge in [-0.2, -0.15) is 0 Å². The van der Waals surface area contributed by atoms with E-state index in [1.54, 1.807) is 7.11 Å². The molecule has 0 bridgehead atoms. The number of nitrogens with two attached hydrogens (primary N) is 1. The highest BCUT2D eigenvalue weighted by atomic mass is 16.5. The third-order valence-electron chi connectivity index (χ3n) is 3.65. The van der Waals surface area contributed by atoms with Crippen LogP contribution in [0.15, 0.2) is 0 Å². The van der Waals surface area contributed by atoms with Crippen LogP contribution in [0.25, 0.3) is 0 Å². The quantitative estimate of drug-likeness (QED) is 0.717. The highest BCUT2D eigenvalue weighted by Gasteiger charge is 2.17. The lowest BCUT2D eigenvalue weighted by Gasteiger charge is -2.33. The minimum Gasteiger partial charge on any atom is -0.383 e. The summed E-state index contributed by atoms with van der Waals surface area (Å²) >= 11 is 0. The summed E-state index contributed by atoms with van der Waals surface area (Å²) in [5.41, 5.74) is 5.91. The second kappa shape index (κ2) is 8.03. The molecule has 0 atom stereocenters. The molecule has 0 saturated carbocycles. The van der Waals surface area contributed by atoms with Gasteiger partial charge in [-0.05, 0) is 39.8 Å². The second-order valence-corrected chi connectivity index (χ2v) is 5.30. The van der Waals surface area contributed by atoms with Gasteiger partial charge in [0, 0.05) is 38.8 Å². The third kappa shape index (κ3) is 5.82. The molecule has 0 radical (unpaired) electrons. The van der Waals surface area contributed by atoms with Crippen LogP contribution in [0, 0.1) is 0 Å². The van der Waals surface area contributed by atoms with E-state index >= 15 is 0 Å². The van der Waals surface area contributed by atoms with Crippen molar-refractivity contribution in [3.63, 3.8) is 0 Å². The summed E-state index contributed by atoms with van der Waals surface area (Å²) in [6, 6.07) is 1.03. The molecule has 17 heavy (non-hydrogen) atoms. The smallest absolute Gasteiger partial charge is 0.0589 e. The summed E-state index contributed by atoms with van der Waals surface area (Å²) in [6.45, 7) is 11.0. The molecule has 1 saturated heterocycles. The predicted octanol–water partition coefficient (Wildman–Crippen LogP) is 0.766. The van der Waals surface area contributed by atoms with E-state index in [0.717, 1.165) is 52.2 Å². The zero-order chi connectivity index (χ0) is 12.7. The van der Waals surface area contributed by atoms with E-state index < -0.39 is 0 Å². The lowest BCUT2D eigenvalue weighted by atomic mass is 10.1. The summed E-state index contributed by atoms with van der Waals surface area (Å²) in [7, 11) is 1.77. The van der Waals surface area contributed by atoms with Gasteiger partial charge in [-0.15, -0.1) is 0 Å². The number of nitrogens with zero attached hydrogens (tertiary/aromatic N) is 2. The first-order valence-electron chi connectivity index (χ1n) is 6.84. The van der Waals surface area contributed by atoms with E-state index in [9.17, 15) is 0 Å². The van der Waals surface area contributed by atoms with E-state index in [1.165, 1.54) is 0 Å². The molecule has 0 amide bonds. The van der Waals surface area contributed by atoms with Crippen LogP contribution in [0.4, 0.5) is 0 Å². The van der Waals surface area contributed by atoms with Gasteiger partial charge in [0.05, 0.1) is 6.61 Å². The summed E-state index contributed by atoms with van der Waals surface area (Å²) in [6.07, 6.45) is 2.31. The molecule has 0 aromatic rings. The fourth-order valence-electron chi connectivity index (χ4n) is 2.28. The molecule has 0 aromatic heterocycles. The minimum absolute atomic E-state index is 0.431. The number of likely N-dealkylation sites (tertiary alicyclic amines) is 1. The van der Waals surface area contributed by atoms with Gasteiger partial charge in [0.15, 0.2) is 0 Å². The Balaban J connectivity index is 2.21. The number of methoxy groups -OCH3 is 1. The van der Waals surface area contributed by atoms with Gasteiger partial charge < -0.3 is 15.4 Å². The maximum Gasteiger partial charge on any atom is 0.0589 e. The molecular weight excluding hydrogens is 214 g/mol. The van der Waals surface area contributed by atoms with Crippen molar-refractivity contribution < 1.29 is 4.74 Å². The van der Waals surface area contributed by atoms with Crippen molar-refractivity contribution in [1.29, 1.82) is 0 Å². The average molecular weight is 243 g/mol. The van der Waals surface area contributed by atoms with Crippen LogP contribution in [0.5, 0.6) is 0 Å². The number of rotatable bonds is 7. The van der Waals surface area contributed by atoms with Crippen LogP contribution in [0.2, 0.25) is 0 Å². The lowest BCUT2D eigenvalue weighted by molar-refractivity contribution is 0.111. The number of hydrogen-bond donors (Lipinski definition) is 1. The third-order valence-corrected chi connectivity index (χ3v) is 3.65. The molecule has 102 valence electrons. The van der Waals surface area contributed by atoms with Crippen LogP contribution in [0.3, 0.4) is 0 Å². The van der Waals surface area contributed by atoms with Gasteiger partial charge in [0.1, 0.15) is 0 Å². The van der Waals surface area contributed by atoms with Gasteiger partial charge in [-0.3, -0.25) is 4.90 Å². The fourth-order valence-corrected chi connectivity index (χ4v) is 2.28. The van der Waals surface area contributed by atoms with Gasteiger partial charge in [0.25, 0.3) is 0 Å². The highest BCUT2D eigenvalue weighted by molar-refractivity contribution is 4.75. The Morgan fingerprint density at radius 3 is 2.47 bits per heavy atom. The van der Waals surface area contributed by atoms with Crippen LogP contribution in [-0.2, 0) is 4.74 Å². The Morgan fingerprint density at radius 1 is 1.29 bits per heavy atom. The van der Waals surface area contributed by atoms with Gasteiger partial charge >= 0.3 is 0 Å². The first-order valence-corrected chi connectivity index (χ1v) is 6.84. The van der Waals surface area contributed by atoms with E-state index in [0.29, 0.717) is 12.1 Å². The molecule has 4 heteroatoms. The zero-order valence-corrected chi connectivity index (χ0v) is 11.7. The maximum atomic E-state index is 5.91. The molecular formula is C13H29N3O. The Bertz CT molecular complexity index is 191. The molecule has 1 aliphatic heterocycles. The van der Waals surface area contributed by atoms with E-state index in [1.807, 2.05) is 0 Å². The zero-order valence-electron chi connectivity index (χ0n) is 11.7. The first-order chi connectivity index (χ1) is 8.13. The van der Waals surface area contributed by atoms with Crippen molar-refractivity contribution in [2.75, 3.05) is 46.4 Å². The monoisotopic (exact) mass is 243 g/mol. The molecule has 0 aromatic carbocycles. The number of hydrogen-bond acceptors (Lipinski definition) is 4. The Labute approximate surface area is 106 Å². The number of ether oxygens (including phenoxy) is 1. The Kier molecular flexibility index (Phi) is 7.04. The molecule has 0 spiro atoms. The molecule has 2 N–H and O–H groups in total. The molecule has 1 rings (SSSR count). The van der Waals surface area contributed by atoms with E-state index in [4.69, 9.17) is 10.5 Å². The van der Waals surface area contributed by atoms with Crippen LogP contribution >= 0.6 is 0 Å². The summed E-state index contributed by atoms with van der Waals surface area (Å²) < 4.78 is 5.16. The van der Waals surface area contributed by atoms with Crippen LogP contribution < -0.4 is 5.73 Å². The van der Waals surface area contributed by atoms with E-state index in [2.05, 4.69) is 23.6 Å². The topological polar surface area (TPSA) is 41.7 Å². The molecule has 1 heterocycles. The van der Waals surface area contributed by atoms with Crippen LogP contribution in [0.1, 0.15) is 26.7 Å². The van der Waals surface area contributed by atoms with Crippen LogP contribution in [-0.4, -0.2) is 68.3 Å². The Hall–Kier alpha value is -0.160. The first kappa shape index (κ1) is 14.9. The molecule has 0 aliphatic carbocycles. The minimum atomic E-state index is 0.431. The fraction of sp³-hybridized carbons (Fsp3) is 1.00. The summed E-state index contributed by atoms with van der Waals surface area (Å²) in [5, 5.41) is 0. The highest BCUT2D eigenvalue weighted by Crippen LogP contribution is 2.08. The van der Waals surface area contributed by atoms with Crippen molar-refractivity contribution >= 4 is 0 Å². The summed E-state index contributed by atoms with van der Waals surface area (Å²) in [5.74, 6) is 0. The Morgan fingerprint density at radius 2 is 1.94 bits per heavy atom. The number of piperidine rings is 1. The van der Waals surface area contributed by atoms with Crippen molar-refractivity contribution in [3.05, 3.63) is 0 Å². The SMILES string of the molecule is COCCN(CCN1CCC(N)CC1)C(C)C. The molecule has 0 unspecified atom stereocenters. The predicted molar refractivity (Wildman–Crippen MR) is 72.2 cm³/mol. The van der Waals surface area contributed by atoms with E-state index in [-0.39, 0.29) is 0 Å². The van der Waals surface area contributed by atoms with Crippen molar-refractivity contribution in [1.82, 2.24) is 9.80 Å². The normalized spacial score (nSPS) is 19.4. The van der Waals surface area contributed by atoms with Gasteiger partial charge in [0.2, 0.25) is 0 Å². The lowest BCUT2D eigenvalue weighted by Crippen LogP contribution is -2.45. The van der Waals surface area contributed by atoms with Gasteiger partial charge in [-0.25, -0.2) is 0 Å². The standard InChI is InChI=1S/C13H29N3O/c1-12(2)16(10-11-17-3)9-8-15-6-4-13(14)5-7-15/h12-13H,4-11,14H2,1-3H3. The second-order valence-electron chi connectivity index (χ2n) is 5.30. The largest absolute Gasteiger partial charge is 0.383 e. The average Bonchev–Trinajstić information content (AvgIpc) is 2.31.